The van der Waals surface area contributed by atoms with Gasteiger partial charge in [0, 0.05) is 19.0 Å². The number of likely N-dealkylation sites (tertiary alicyclic amines) is 2. The highest BCUT2D eigenvalue weighted by Gasteiger charge is 2.43. The van der Waals surface area contributed by atoms with Crippen LogP contribution >= 0.6 is 0 Å². The van der Waals surface area contributed by atoms with E-state index in [4.69, 9.17) is 15.2 Å². The molecule has 2 fully saturated rings. The van der Waals surface area contributed by atoms with Gasteiger partial charge >= 0.3 is 0 Å². The van der Waals surface area contributed by atoms with Gasteiger partial charge in [0.25, 0.3) is 0 Å². The minimum Gasteiger partial charge on any atom is -0.497 e. The third kappa shape index (κ3) is 4.98. The van der Waals surface area contributed by atoms with Crippen LogP contribution in [-0.4, -0.2) is 67.0 Å². The van der Waals surface area contributed by atoms with Crippen molar-refractivity contribution in [3.8, 4) is 6.07 Å². The maximum atomic E-state index is 13.6. The van der Waals surface area contributed by atoms with Crippen molar-refractivity contribution < 1.29 is 19.1 Å². The van der Waals surface area contributed by atoms with E-state index in [2.05, 4.69) is 25.1 Å². The number of amides is 2. The van der Waals surface area contributed by atoms with Gasteiger partial charge in [-0.05, 0) is 48.8 Å². The molecule has 0 bridgehead atoms. The maximum absolute atomic E-state index is 13.6. The van der Waals surface area contributed by atoms with Crippen LogP contribution < -0.4 is 5.73 Å². The largest absolute Gasteiger partial charge is 0.497 e. The molecule has 2 N–H and O–H groups in total. The first-order valence-electron chi connectivity index (χ1n) is 12.7. The second-order valence-electron chi connectivity index (χ2n) is 9.89. The predicted molar refractivity (Wildman–Crippen MR) is 135 cm³/mol. The lowest BCUT2D eigenvalue weighted by atomic mass is 9.72. The number of hydrogen-bond acceptors (Lipinski definition) is 6. The van der Waals surface area contributed by atoms with Gasteiger partial charge in [-0.15, -0.1) is 0 Å². The van der Waals surface area contributed by atoms with E-state index >= 15 is 0 Å². The number of fused-ring (bicyclic) bond motifs is 1. The van der Waals surface area contributed by atoms with Crippen LogP contribution in [0.2, 0.25) is 0 Å². The van der Waals surface area contributed by atoms with Gasteiger partial charge in [-0.2, -0.15) is 5.26 Å². The fraction of sp³-hybridized carbons (Fsp3) is 0.536. The third-order valence-electron chi connectivity index (χ3n) is 7.86. The molecule has 1 aliphatic carbocycles. The Kier molecular flexibility index (Phi) is 8.00. The normalized spacial score (nSPS) is 26.6. The molecule has 4 rings (SSSR count). The summed E-state index contributed by atoms with van der Waals surface area (Å²) in [5, 5.41) is 9.35. The van der Waals surface area contributed by atoms with Crippen LogP contribution in [0.5, 0.6) is 0 Å². The van der Waals surface area contributed by atoms with E-state index in [0.717, 1.165) is 29.7 Å². The number of allylic oxidation sites excluding steroid dienone is 2. The Morgan fingerprint density at radius 1 is 1.14 bits per heavy atom. The first-order valence-corrected chi connectivity index (χ1v) is 12.7. The Hall–Kier alpha value is -3.31. The summed E-state index contributed by atoms with van der Waals surface area (Å²) in [6.45, 7) is 3.23. The van der Waals surface area contributed by atoms with Gasteiger partial charge < -0.3 is 25.0 Å². The number of piperidine rings is 1. The summed E-state index contributed by atoms with van der Waals surface area (Å²) in [7, 11) is 3.30. The van der Waals surface area contributed by atoms with Crippen molar-refractivity contribution in [2.45, 2.75) is 57.2 Å². The molecule has 3 aliphatic rings. The van der Waals surface area contributed by atoms with Crippen LogP contribution in [0.25, 0.3) is 0 Å². The fourth-order valence-electron chi connectivity index (χ4n) is 5.98. The molecule has 8 heteroatoms. The van der Waals surface area contributed by atoms with Gasteiger partial charge in [-0.1, -0.05) is 37.3 Å². The summed E-state index contributed by atoms with van der Waals surface area (Å²) in [5.41, 5.74) is 8.52. The molecule has 0 spiro atoms. The monoisotopic (exact) mass is 492 g/mol. The lowest BCUT2D eigenvalue weighted by Crippen LogP contribution is -2.53. The van der Waals surface area contributed by atoms with Gasteiger partial charge in [-0.25, -0.2) is 0 Å². The van der Waals surface area contributed by atoms with Gasteiger partial charge in [0.05, 0.1) is 38.8 Å². The predicted octanol–water partition coefficient (Wildman–Crippen LogP) is 2.76. The molecule has 192 valence electrons. The van der Waals surface area contributed by atoms with E-state index in [1.807, 2.05) is 29.2 Å². The Balaban J connectivity index is 1.60. The van der Waals surface area contributed by atoms with Crippen molar-refractivity contribution in [3.05, 3.63) is 59.1 Å². The standard InChI is InChI=1S/C28H36N4O4/c1-18-21-11-13-32(26(33)16-23(30)28(34)31-12-7-10-20(31)17-29)24(14-19-8-5-4-6-9-19)22(21)15-25(35-2)27(18)36-3/h4-6,8-9,15,18,20-21,23-24H,7,10-14,16,30H2,1-3H3. The summed E-state index contributed by atoms with van der Waals surface area (Å²) in [4.78, 5) is 30.0. The molecule has 8 nitrogen and oxygen atoms in total. The Morgan fingerprint density at radius 3 is 2.56 bits per heavy atom. The molecule has 2 heterocycles. The Bertz CT molecular complexity index is 1080. The average molecular weight is 493 g/mol. The lowest BCUT2D eigenvalue weighted by Gasteiger charge is -2.46. The smallest absolute Gasteiger partial charge is 0.241 e. The second-order valence-corrected chi connectivity index (χ2v) is 9.89. The van der Waals surface area contributed by atoms with Crippen molar-refractivity contribution >= 4 is 11.8 Å². The fourth-order valence-corrected chi connectivity index (χ4v) is 5.98. The molecule has 0 aromatic heterocycles. The molecule has 0 radical (unpaired) electrons. The summed E-state index contributed by atoms with van der Waals surface area (Å²) in [6.07, 6.45) is 4.83. The number of carbonyl (C=O) groups is 2. The number of nitriles is 1. The average Bonchev–Trinajstić information content (AvgIpc) is 3.37. The van der Waals surface area contributed by atoms with Crippen molar-refractivity contribution in [1.82, 2.24) is 9.80 Å². The number of hydrogen-bond donors (Lipinski definition) is 1. The zero-order chi connectivity index (χ0) is 25.8. The van der Waals surface area contributed by atoms with Crippen LogP contribution in [0.3, 0.4) is 0 Å². The zero-order valence-corrected chi connectivity index (χ0v) is 21.4. The van der Waals surface area contributed by atoms with Gasteiger partial charge in [0.1, 0.15) is 11.8 Å². The molecular weight excluding hydrogens is 456 g/mol. The number of benzene rings is 1. The van der Waals surface area contributed by atoms with Crippen molar-refractivity contribution in [3.63, 3.8) is 0 Å². The van der Waals surface area contributed by atoms with E-state index in [9.17, 15) is 14.9 Å². The summed E-state index contributed by atoms with van der Waals surface area (Å²) in [5.74, 6) is 1.41. The first-order chi connectivity index (χ1) is 17.4. The molecule has 36 heavy (non-hydrogen) atoms. The number of rotatable bonds is 7. The van der Waals surface area contributed by atoms with Crippen LogP contribution in [0.15, 0.2) is 53.5 Å². The summed E-state index contributed by atoms with van der Waals surface area (Å²) in [6, 6.07) is 10.7. The molecule has 2 amide bonds. The summed E-state index contributed by atoms with van der Waals surface area (Å²) >= 11 is 0. The minimum absolute atomic E-state index is 0.0808. The maximum Gasteiger partial charge on any atom is 0.241 e. The van der Waals surface area contributed by atoms with E-state index in [-0.39, 0.29) is 36.1 Å². The zero-order valence-electron chi connectivity index (χ0n) is 21.4. The molecule has 5 atom stereocenters. The highest BCUT2D eigenvalue weighted by molar-refractivity contribution is 5.89. The van der Waals surface area contributed by atoms with Crippen LogP contribution in [-0.2, 0) is 25.5 Å². The second kappa shape index (κ2) is 11.2. The molecule has 2 saturated heterocycles. The lowest BCUT2D eigenvalue weighted by molar-refractivity contribution is -0.140. The quantitative estimate of drug-likeness (QED) is 0.627. The van der Waals surface area contributed by atoms with Crippen LogP contribution in [0.1, 0.15) is 38.2 Å². The van der Waals surface area contributed by atoms with E-state index in [1.54, 1.807) is 14.2 Å². The molecule has 1 aromatic rings. The molecule has 1 aromatic carbocycles. The van der Waals surface area contributed by atoms with E-state index < -0.39 is 12.1 Å². The molecule has 0 saturated carbocycles. The van der Waals surface area contributed by atoms with E-state index in [1.165, 1.54) is 4.90 Å². The Labute approximate surface area is 213 Å². The number of ether oxygens (including phenoxy) is 2. The Morgan fingerprint density at radius 2 is 1.89 bits per heavy atom. The SMILES string of the molecule is COC1=C(OC)C(C)C2CCN(C(=O)CC(N)C(=O)N3CCCC3C#N)C(Cc3ccccc3)C2=C1. The van der Waals surface area contributed by atoms with Crippen molar-refractivity contribution in [2.75, 3.05) is 27.3 Å². The molecular formula is C28H36N4O4. The number of nitrogens with zero attached hydrogens (tertiary/aromatic N) is 3. The van der Waals surface area contributed by atoms with E-state index in [0.29, 0.717) is 31.7 Å². The van der Waals surface area contributed by atoms with Gasteiger partial charge in [-0.3, -0.25) is 9.59 Å². The number of carbonyl (C=O) groups excluding carboxylic acids is 2. The molecule has 2 aliphatic heterocycles. The summed E-state index contributed by atoms with van der Waals surface area (Å²) < 4.78 is 11.3. The van der Waals surface area contributed by atoms with Gasteiger partial charge in [0.15, 0.2) is 5.76 Å². The highest BCUT2D eigenvalue weighted by Crippen LogP contribution is 2.43. The van der Waals surface area contributed by atoms with Crippen LogP contribution in [0, 0.1) is 23.2 Å². The van der Waals surface area contributed by atoms with Crippen molar-refractivity contribution in [1.29, 1.82) is 5.26 Å². The highest BCUT2D eigenvalue weighted by atomic mass is 16.5. The topological polar surface area (TPSA) is 109 Å². The van der Waals surface area contributed by atoms with Crippen LogP contribution in [0.4, 0.5) is 0 Å². The van der Waals surface area contributed by atoms with Crippen molar-refractivity contribution in [2.24, 2.45) is 17.6 Å². The van der Waals surface area contributed by atoms with Gasteiger partial charge in [0.2, 0.25) is 11.8 Å². The minimum atomic E-state index is -0.963. The third-order valence-corrected chi connectivity index (χ3v) is 7.86. The molecule has 5 unspecified atom stereocenters. The number of methoxy groups -OCH3 is 2. The number of nitrogens with two attached hydrogens (primary N) is 1. The first kappa shape index (κ1) is 25.8.